The van der Waals surface area contributed by atoms with Crippen LogP contribution in [0.1, 0.15) is 16.8 Å². The van der Waals surface area contributed by atoms with Crippen molar-refractivity contribution in [2.75, 3.05) is 38.0 Å². The van der Waals surface area contributed by atoms with Crippen LogP contribution in [0.5, 0.6) is 0 Å². The fourth-order valence-corrected chi connectivity index (χ4v) is 5.35. The van der Waals surface area contributed by atoms with Crippen LogP contribution in [0.3, 0.4) is 0 Å². The number of halogens is 1. The molecule has 0 saturated carbocycles. The smallest absolute Gasteiger partial charge is 0.251 e. The fraction of sp³-hybridized carbons (Fsp3) is 0.333. The summed E-state index contributed by atoms with van der Waals surface area (Å²) in [5.41, 5.74) is 5.53. The van der Waals surface area contributed by atoms with Crippen molar-refractivity contribution in [1.82, 2.24) is 9.21 Å². The van der Waals surface area contributed by atoms with Crippen molar-refractivity contribution in [2.24, 2.45) is 5.73 Å². The molecule has 0 spiro atoms. The number of rotatable bonds is 6. The number of benzene rings is 1. The number of anilines is 1. The van der Waals surface area contributed by atoms with Gasteiger partial charge in [-0.3, -0.25) is 14.5 Å². The number of nitrogens with two attached hydrogens (primary N) is 1. The molecule has 2 amide bonds. The van der Waals surface area contributed by atoms with E-state index in [1.165, 1.54) is 27.8 Å². The van der Waals surface area contributed by atoms with Gasteiger partial charge in [0.25, 0.3) is 5.91 Å². The molecular weight excluding hydrogens is 419 g/mol. The standard InChI is InChI=1S/C18H21FN4O4S2/c19-13-2-4-14(5-3-13)29(26,27)23-8-1-7-22(9-10-23)12-16(24)21-18-15(17(20)25)6-11-28-18/h2-6,11H,1,7-10,12H2,(H2,20,25)(H,21,24). The molecule has 2 aromatic rings. The van der Waals surface area contributed by atoms with Crippen molar-refractivity contribution in [3.05, 3.63) is 47.1 Å². The largest absolute Gasteiger partial charge is 0.366 e. The monoisotopic (exact) mass is 440 g/mol. The molecule has 1 aliphatic rings. The van der Waals surface area contributed by atoms with E-state index >= 15 is 0 Å². The van der Waals surface area contributed by atoms with Gasteiger partial charge in [0.1, 0.15) is 10.8 Å². The molecule has 0 radical (unpaired) electrons. The van der Waals surface area contributed by atoms with E-state index in [0.717, 1.165) is 12.1 Å². The van der Waals surface area contributed by atoms with Crippen LogP contribution in [0.25, 0.3) is 0 Å². The molecule has 1 aliphatic heterocycles. The fourth-order valence-electron chi connectivity index (χ4n) is 3.07. The Kier molecular flexibility index (Phi) is 6.63. The molecule has 29 heavy (non-hydrogen) atoms. The van der Waals surface area contributed by atoms with Crippen molar-refractivity contribution in [1.29, 1.82) is 0 Å². The van der Waals surface area contributed by atoms with Gasteiger partial charge >= 0.3 is 0 Å². The maximum Gasteiger partial charge on any atom is 0.251 e. The summed E-state index contributed by atoms with van der Waals surface area (Å²) in [5, 5.41) is 4.75. The first-order valence-electron chi connectivity index (χ1n) is 8.92. The van der Waals surface area contributed by atoms with Crippen LogP contribution in [-0.2, 0) is 14.8 Å². The highest BCUT2D eigenvalue weighted by Crippen LogP contribution is 2.23. The first kappa shape index (κ1) is 21.4. The van der Waals surface area contributed by atoms with Crippen LogP contribution in [-0.4, -0.2) is 62.2 Å². The summed E-state index contributed by atoms with van der Waals surface area (Å²) in [6.45, 7) is 1.53. The lowest BCUT2D eigenvalue weighted by Gasteiger charge is -2.21. The number of primary amides is 1. The summed E-state index contributed by atoms with van der Waals surface area (Å²) in [5.74, 6) is -1.41. The van der Waals surface area contributed by atoms with E-state index in [4.69, 9.17) is 5.73 Å². The zero-order valence-corrected chi connectivity index (χ0v) is 17.1. The molecular formula is C18H21FN4O4S2. The highest BCUT2D eigenvalue weighted by atomic mass is 32.2. The van der Waals surface area contributed by atoms with Gasteiger partial charge in [-0.25, -0.2) is 12.8 Å². The van der Waals surface area contributed by atoms with Crippen LogP contribution >= 0.6 is 11.3 Å². The lowest BCUT2D eigenvalue weighted by molar-refractivity contribution is -0.117. The average Bonchev–Trinajstić information content (AvgIpc) is 2.99. The topological polar surface area (TPSA) is 113 Å². The Hall–Kier alpha value is -2.34. The maximum absolute atomic E-state index is 13.1. The van der Waals surface area contributed by atoms with Crippen molar-refractivity contribution < 1.29 is 22.4 Å². The third kappa shape index (κ3) is 5.18. The van der Waals surface area contributed by atoms with Gasteiger partial charge in [0.2, 0.25) is 15.9 Å². The number of amides is 2. The number of carbonyl (C=O) groups excluding carboxylic acids is 2. The number of hydrogen-bond acceptors (Lipinski definition) is 6. The zero-order valence-electron chi connectivity index (χ0n) is 15.5. The minimum absolute atomic E-state index is 0.0433. The third-order valence-corrected chi connectivity index (χ3v) is 7.29. The summed E-state index contributed by atoms with van der Waals surface area (Å²) >= 11 is 1.21. The summed E-state index contributed by atoms with van der Waals surface area (Å²) in [7, 11) is -3.72. The molecule has 0 unspecified atom stereocenters. The van der Waals surface area contributed by atoms with E-state index < -0.39 is 21.7 Å². The van der Waals surface area contributed by atoms with E-state index in [0.29, 0.717) is 31.1 Å². The molecule has 1 saturated heterocycles. The van der Waals surface area contributed by atoms with E-state index in [9.17, 15) is 22.4 Å². The molecule has 3 rings (SSSR count). The lowest BCUT2D eigenvalue weighted by atomic mass is 10.3. The van der Waals surface area contributed by atoms with E-state index in [1.807, 2.05) is 4.90 Å². The van der Waals surface area contributed by atoms with Crippen LogP contribution in [0.15, 0.2) is 40.6 Å². The third-order valence-electron chi connectivity index (χ3n) is 4.55. The molecule has 0 bridgehead atoms. The second-order valence-electron chi connectivity index (χ2n) is 6.56. The molecule has 3 N–H and O–H groups in total. The number of nitrogens with zero attached hydrogens (tertiary/aromatic N) is 2. The first-order chi connectivity index (χ1) is 13.8. The van der Waals surface area contributed by atoms with Crippen molar-refractivity contribution in [2.45, 2.75) is 11.3 Å². The molecule has 2 heterocycles. The van der Waals surface area contributed by atoms with Crippen molar-refractivity contribution in [3.8, 4) is 0 Å². The summed E-state index contributed by atoms with van der Waals surface area (Å²) in [6.07, 6.45) is 0.555. The second-order valence-corrected chi connectivity index (χ2v) is 9.42. The normalized spacial score (nSPS) is 16.3. The number of nitrogens with one attached hydrogen (secondary N) is 1. The predicted octanol–water partition coefficient (Wildman–Crippen LogP) is 1.32. The van der Waals surface area contributed by atoms with Gasteiger partial charge in [-0.1, -0.05) is 0 Å². The minimum Gasteiger partial charge on any atom is -0.366 e. The maximum atomic E-state index is 13.1. The Morgan fingerprint density at radius 3 is 2.52 bits per heavy atom. The Morgan fingerprint density at radius 2 is 1.83 bits per heavy atom. The van der Waals surface area contributed by atoms with Crippen LogP contribution in [0, 0.1) is 5.82 Å². The Balaban J connectivity index is 1.59. The van der Waals surface area contributed by atoms with Crippen LogP contribution < -0.4 is 11.1 Å². The minimum atomic E-state index is -3.72. The average molecular weight is 441 g/mol. The molecule has 0 atom stereocenters. The van der Waals surface area contributed by atoms with Gasteiger partial charge in [-0.05, 0) is 48.7 Å². The van der Waals surface area contributed by atoms with Crippen LogP contribution in [0.4, 0.5) is 9.39 Å². The summed E-state index contributed by atoms with van der Waals surface area (Å²) in [6, 6.07) is 6.28. The molecule has 1 fully saturated rings. The lowest BCUT2D eigenvalue weighted by Crippen LogP contribution is -2.38. The molecule has 8 nitrogen and oxygen atoms in total. The highest BCUT2D eigenvalue weighted by Gasteiger charge is 2.27. The van der Waals surface area contributed by atoms with Gasteiger partial charge in [0.15, 0.2) is 0 Å². The Labute approximate surface area is 172 Å². The molecule has 156 valence electrons. The van der Waals surface area contributed by atoms with E-state index in [2.05, 4.69) is 5.32 Å². The zero-order chi connectivity index (χ0) is 21.0. The Morgan fingerprint density at radius 1 is 1.10 bits per heavy atom. The van der Waals surface area contributed by atoms with Gasteiger partial charge in [0, 0.05) is 19.6 Å². The van der Waals surface area contributed by atoms with Gasteiger partial charge < -0.3 is 11.1 Å². The number of hydrogen-bond donors (Lipinski definition) is 2. The quantitative estimate of drug-likeness (QED) is 0.704. The van der Waals surface area contributed by atoms with Gasteiger partial charge in [0.05, 0.1) is 17.0 Å². The number of sulfonamides is 1. The summed E-state index contributed by atoms with van der Waals surface area (Å²) in [4.78, 5) is 25.6. The van der Waals surface area contributed by atoms with Crippen LogP contribution in [0.2, 0.25) is 0 Å². The SMILES string of the molecule is NC(=O)c1ccsc1NC(=O)CN1CCCN(S(=O)(=O)c2ccc(F)cc2)CC1. The first-order valence-corrected chi connectivity index (χ1v) is 11.2. The molecule has 1 aromatic carbocycles. The number of carbonyl (C=O) groups is 2. The Bertz CT molecular complexity index is 992. The van der Waals surface area contributed by atoms with E-state index in [-0.39, 0.29) is 29.5 Å². The van der Waals surface area contributed by atoms with Crippen molar-refractivity contribution >= 4 is 38.2 Å². The van der Waals surface area contributed by atoms with E-state index in [1.54, 1.807) is 11.4 Å². The van der Waals surface area contributed by atoms with Gasteiger partial charge in [-0.2, -0.15) is 4.31 Å². The second kappa shape index (κ2) is 8.99. The van der Waals surface area contributed by atoms with Crippen molar-refractivity contribution in [3.63, 3.8) is 0 Å². The molecule has 0 aliphatic carbocycles. The molecule has 1 aromatic heterocycles. The molecule has 11 heteroatoms. The highest BCUT2D eigenvalue weighted by molar-refractivity contribution is 7.89. The number of thiophene rings is 1. The predicted molar refractivity (Wildman–Crippen MR) is 108 cm³/mol. The summed E-state index contributed by atoms with van der Waals surface area (Å²) < 4.78 is 39.9. The van der Waals surface area contributed by atoms with Gasteiger partial charge in [-0.15, -0.1) is 11.3 Å².